The molecule has 4 heteroatoms. The molecule has 2 aromatic rings. The molecule has 0 atom stereocenters. The zero-order chi connectivity index (χ0) is 11.2. The Balaban J connectivity index is 2.98. The maximum Gasteiger partial charge on any atom is 0.125 e. The second-order valence-electron chi connectivity index (χ2n) is 3.42. The van der Waals surface area contributed by atoms with E-state index in [0.717, 1.165) is 20.3 Å². The van der Waals surface area contributed by atoms with E-state index < -0.39 is 0 Å². The molecular weight excluding hydrogens is 327 g/mol. The molecule has 0 spiro atoms. The second kappa shape index (κ2) is 3.87. The van der Waals surface area contributed by atoms with Gasteiger partial charge in [0.25, 0.3) is 0 Å². The zero-order valence-corrected chi connectivity index (χ0v) is 11.1. The van der Waals surface area contributed by atoms with Crippen LogP contribution < -0.4 is 0 Å². The topological polar surface area (TPSA) is 12.9 Å². The predicted octanol–water partition coefficient (Wildman–Crippen LogP) is 4.25. The van der Waals surface area contributed by atoms with E-state index in [4.69, 9.17) is 11.6 Å². The van der Waals surface area contributed by atoms with Gasteiger partial charge < -0.3 is 0 Å². The molecule has 2 rings (SSSR count). The normalized spacial score (nSPS) is 11.0. The minimum atomic E-state index is -0.279. The van der Waals surface area contributed by atoms with Crippen molar-refractivity contribution in [1.29, 1.82) is 0 Å². The van der Waals surface area contributed by atoms with Crippen LogP contribution in [0.3, 0.4) is 0 Å². The number of fused-ring (bicyclic) bond motifs is 1. The van der Waals surface area contributed by atoms with Gasteiger partial charge in [-0.25, -0.2) is 4.39 Å². The molecule has 0 amide bonds. The molecule has 0 fully saturated rings. The van der Waals surface area contributed by atoms with Crippen LogP contribution in [0.5, 0.6) is 0 Å². The van der Waals surface area contributed by atoms with Gasteiger partial charge in [0.2, 0.25) is 0 Å². The summed E-state index contributed by atoms with van der Waals surface area (Å²) in [5.41, 5.74) is 2.56. The fraction of sp³-hybridized carbons (Fsp3) is 0.182. The summed E-state index contributed by atoms with van der Waals surface area (Å²) in [5, 5.41) is 1.28. The first-order valence-corrected chi connectivity index (χ1v) is 5.88. The van der Waals surface area contributed by atoms with Gasteiger partial charge in [0.15, 0.2) is 0 Å². The molecule has 1 aromatic heterocycles. The number of rotatable bonds is 0. The third-order valence-electron chi connectivity index (χ3n) is 2.42. The predicted molar refractivity (Wildman–Crippen MR) is 68.9 cm³/mol. The number of nitrogens with zero attached hydrogens (tertiary/aromatic N) is 1. The van der Waals surface area contributed by atoms with Gasteiger partial charge in [0.1, 0.15) is 5.82 Å². The molecule has 0 bridgehead atoms. The lowest BCUT2D eigenvalue weighted by Gasteiger charge is -2.08. The van der Waals surface area contributed by atoms with Crippen molar-refractivity contribution in [2.24, 2.45) is 0 Å². The van der Waals surface area contributed by atoms with Crippen LogP contribution in [0.25, 0.3) is 10.9 Å². The zero-order valence-electron chi connectivity index (χ0n) is 8.24. The molecule has 78 valence electrons. The van der Waals surface area contributed by atoms with Crippen molar-refractivity contribution >= 4 is 45.1 Å². The summed E-state index contributed by atoms with van der Waals surface area (Å²) >= 11 is 8.23. The molecule has 1 aromatic carbocycles. The van der Waals surface area contributed by atoms with E-state index >= 15 is 0 Å². The first-order valence-electron chi connectivity index (χ1n) is 4.42. The Hall–Kier alpha value is -0.420. The number of aryl methyl sites for hydroxylation is 1. The van der Waals surface area contributed by atoms with Crippen LogP contribution in [0.4, 0.5) is 4.39 Å². The Kier molecular flexibility index (Phi) is 2.85. The highest BCUT2D eigenvalue weighted by molar-refractivity contribution is 14.1. The Morgan fingerprint density at radius 1 is 1.33 bits per heavy atom. The Morgan fingerprint density at radius 2 is 2.00 bits per heavy atom. The molecule has 1 heterocycles. The number of halogens is 3. The average Bonchev–Trinajstić information content (AvgIpc) is 2.17. The first kappa shape index (κ1) is 11.1. The van der Waals surface area contributed by atoms with Gasteiger partial charge in [0, 0.05) is 14.7 Å². The molecule has 0 radical (unpaired) electrons. The molecule has 0 aliphatic carbocycles. The van der Waals surface area contributed by atoms with Crippen LogP contribution in [0.1, 0.15) is 11.3 Å². The SMILES string of the molecule is Cc1nc2c(I)cc(F)cc2c(Cl)c1C. The van der Waals surface area contributed by atoms with Crippen LogP contribution in [-0.4, -0.2) is 4.98 Å². The van der Waals surface area contributed by atoms with Gasteiger partial charge in [-0.1, -0.05) is 11.6 Å². The second-order valence-corrected chi connectivity index (χ2v) is 4.96. The molecule has 0 saturated heterocycles. The third kappa shape index (κ3) is 1.83. The van der Waals surface area contributed by atoms with Gasteiger partial charge in [0.05, 0.1) is 10.5 Å². The van der Waals surface area contributed by atoms with Crippen LogP contribution in [0.15, 0.2) is 12.1 Å². The smallest absolute Gasteiger partial charge is 0.125 e. The molecular formula is C11H8ClFIN. The van der Waals surface area contributed by atoms with Crippen LogP contribution in [-0.2, 0) is 0 Å². The van der Waals surface area contributed by atoms with Crippen molar-refractivity contribution in [2.45, 2.75) is 13.8 Å². The molecule has 0 N–H and O–H groups in total. The number of pyridine rings is 1. The van der Waals surface area contributed by atoms with E-state index in [-0.39, 0.29) is 5.82 Å². The standard InChI is InChI=1S/C11H8ClFIN/c1-5-6(2)15-11-8(10(5)12)3-7(13)4-9(11)14/h3-4H,1-2H3. The average molecular weight is 336 g/mol. The van der Waals surface area contributed by atoms with Crippen molar-refractivity contribution < 1.29 is 4.39 Å². The monoisotopic (exact) mass is 335 g/mol. The number of hydrogen-bond acceptors (Lipinski definition) is 1. The Bertz CT molecular complexity index is 554. The van der Waals surface area contributed by atoms with Crippen molar-refractivity contribution in [3.63, 3.8) is 0 Å². The van der Waals surface area contributed by atoms with Gasteiger partial charge in [-0.2, -0.15) is 0 Å². The van der Waals surface area contributed by atoms with Gasteiger partial charge in [-0.05, 0) is 54.1 Å². The molecule has 0 aliphatic rings. The maximum absolute atomic E-state index is 13.2. The van der Waals surface area contributed by atoms with E-state index in [1.165, 1.54) is 12.1 Å². The highest BCUT2D eigenvalue weighted by Gasteiger charge is 2.11. The van der Waals surface area contributed by atoms with E-state index in [9.17, 15) is 4.39 Å². The fourth-order valence-corrected chi connectivity index (χ4v) is 2.45. The van der Waals surface area contributed by atoms with Gasteiger partial charge in [-0.3, -0.25) is 4.98 Å². The highest BCUT2D eigenvalue weighted by atomic mass is 127. The van der Waals surface area contributed by atoms with Crippen LogP contribution in [0.2, 0.25) is 5.02 Å². The van der Waals surface area contributed by atoms with Gasteiger partial charge in [-0.15, -0.1) is 0 Å². The summed E-state index contributed by atoms with van der Waals surface area (Å²) in [6.45, 7) is 3.79. The Labute approximate surface area is 106 Å². The summed E-state index contributed by atoms with van der Waals surface area (Å²) in [4.78, 5) is 4.42. The molecule has 15 heavy (non-hydrogen) atoms. The van der Waals surface area contributed by atoms with E-state index in [0.29, 0.717) is 10.4 Å². The summed E-state index contributed by atoms with van der Waals surface area (Å²) < 4.78 is 14.0. The summed E-state index contributed by atoms with van der Waals surface area (Å²) in [6.07, 6.45) is 0. The molecule has 0 saturated carbocycles. The number of benzene rings is 1. The number of aromatic nitrogens is 1. The minimum absolute atomic E-state index is 0.279. The molecule has 0 unspecified atom stereocenters. The summed E-state index contributed by atoms with van der Waals surface area (Å²) in [5.74, 6) is -0.279. The summed E-state index contributed by atoms with van der Waals surface area (Å²) in [6, 6.07) is 2.89. The van der Waals surface area contributed by atoms with E-state index in [1.54, 1.807) is 0 Å². The number of hydrogen-bond donors (Lipinski definition) is 0. The maximum atomic E-state index is 13.2. The van der Waals surface area contributed by atoms with Crippen molar-refractivity contribution in [2.75, 3.05) is 0 Å². The van der Waals surface area contributed by atoms with E-state index in [1.807, 2.05) is 13.8 Å². The van der Waals surface area contributed by atoms with Gasteiger partial charge >= 0.3 is 0 Å². The first-order chi connectivity index (χ1) is 7.00. The highest BCUT2D eigenvalue weighted by Crippen LogP contribution is 2.30. The quantitative estimate of drug-likeness (QED) is 0.656. The fourth-order valence-electron chi connectivity index (χ4n) is 1.46. The van der Waals surface area contributed by atoms with Crippen molar-refractivity contribution in [3.05, 3.63) is 37.8 Å². The van der Waals surface area contributed by atoms with E-state index in [2.05, 4.69) is 27.6 Å². The summed E-state index contributed by atoms with van der Waals surface area (Å²) in [7, 11) is 0. The van der Waals surface area contributed by atoms with Crippen LogP contribution in [0, 0.1) is 23.2 Å². The largest absolute Gasteiger partial charge is 0.252 e. The lowest BCUT2D eigenvalue weighted by molar-refractivity contribution is 0.628. The third-order valence-corrected chi connectivity index (χ3v) is 3.73. The lowest BCUT2D eigenvalue weighted by atomic mass is 10.1. The Morgan fingerprint density at radius 3 is 2.67 bits per heavy atom. The molecule has 1 nitrogen and oxygen atoms in total. The molecule has 0 aliphatic heterocycles. The lowest BCUT2D eigenvalue weighted by Crippen LogP contribution is -1.93. The van der Waals surface area contributed by atoms with Crippen molar-refractivity contribution in [1.82, 2.24) is 4.98 Å². The van der Waals surface area contributed by atoms with Crippen LogP contribution >= 0.6 is 34.2 Å². The van der Waals surface area contributed by atoms with Crippen molar-refractivity contribution in [3.8, 4) is 0 Å². The minimum Gasteiger partial charge on any atom is -0.252 e.